The lowest BCUT2D eigenvalue weighted by atomic mass is 10.1. The SMILES string of the molecule is COc1ccc(-c2cnc(-c3ccccc3C)c(Sc3ccc([N+](=O)[O-])cc3[N+](=O)[O-])n2)cc1. The van der Waals surface area contributed by atoms with Crippen molar-refractivity contribution in [1.29, 1.82) is 0 Å². The molecule has 0 radical (unpaired) electrons. The van der Waals surface area contributed by atoms with Crippen LogP contribution in [0.3, 0.4) is 0 Å². The normalized spacial score (nSPS) is 10.6. The fraction of sp³-hybridized carbons (Fsp3) is 0.0833. The highest BCUT2D eigenvalue weighted by atomic mass is 32.2. The maximum atomic E-state index is 11.7. The summed E-state index contributed by atoms with van der Waals surface area (Å²) >= 11 is 1.05. The number of hydrogen-bond donors (Lipinski definition) is 0. The number of nitro benzene ring substituents is 2. The van der Waals surface area contributed by atoms with Crippen LogP contribution in [0.4, 0.5) is 11.4 Å². The number of nitrogens with zero attached hydrogens (tertiary/aromatic N) is 4. The lowest BCUT2D eigenvalue weighted by Crippen LogP contribution is -1.98. The molecular formula is C24H18N4O5S. The van der Waals surface area contributed by atoms with Crippen LogP contribution in [-0.4, -0.2) is 26.9 Å². The topological polar surface area (TPSA) is 121 Å². The van der Waals surface area contributed by atoms with Crippen molar-refractivity contribution in [2.45, 2.75) is 16.8 Å². The molecule has 1 aromatic heterocycles. The van der Waals surface area contributed by atoms with Crippen LogP contribution in [-0.2, 0) is 0 Å². The Bertz CT molecular complexity index is 1390. The molecule has 0 atom stereocenters. The van der Waals surface area contributed by atoms with Gasteiger partial charge in [-0.2, -0.15) is 0 Å². The fourth-order valence-corrected chi connectivity index (χ4v) is 4.31. The van der Waals surface area contributed by atoms with Crippen molar-refractivity contribution in [2.75, 3.05) is 7.11 Å². The molecule has 10 heteroatoms. The number of ether oxygens (including phenoxy) is 1. The minimum absolute atomic E-state index is 0.228. The zero-order chi connectivity index (χ0) is 24.2. The number of rotatable bonds is 7. The molecule has 1 heterocycles. The quantitative estimate of drug-likeness (QED) is 0.233. The third-order valence-electron chi connectivity index (χ3n) is 5.08. The molecule has 0 aliphatic carbocycles. The third kappa shape index (κ3) is 4.71. The van der Waals surface area contributed by atoms with E-state index in [0.29, 0.717) is 22.2 Å². The zero-order valence-corrected chi connectivity index (χ0v) is 19.0. The Morgan fingerprint density at radius 3 is 2.32 bits per heavy atom. The third-order valence-corrected chi connectivity index (χ3v) is 6.13. The molecule has 4 rings (SSSR count). The van der Waals surface area contributed by atoms with Crippen molar-refractivity contribution in [1.82, 2.24) is 9.97 Å². The summed E-state index contributed by atoms with van der Waals surface area (Å²) in [5.41, 5.74) is 3.02. The average molecular weight is 474 g/mol. The number of nitro groups is 2. The fourth-order valence-electron chi connectivity index (χ4n) is 3.32. The molecule has 0 bridgehead atoms. The maximum Gasteiger partial charge on any atom is 0.290 e. The van der Waals surface area contributed by atoms with Crippen LogP contribution in [0.25, 0.3) is 22.5 Å². The number of aryl methyl sites for hydroxylation is 1. The average Bonchev–Trinajstić information content (AvgIpc) is 2.84. The number of aromatic nitrogens is 2. The van der Waals surface area contributed by atoms with Gasteiger partial charge in [0.1, 0.15) is 16.5 Å². The molecule has 0 aliphatic rings. The minimum atomic E-state index is -0.662. The van der Waals surface area contributed by atoms with E-state index in [2.05, 4.69) is 4.98 Å². The molecule has 0 fully saturated rings. The number of methoxy groups -OCH3 is 1. The minimum Gasteiger partial charge on any atom is -0.497 e. The molecule has 0 amide bonds. The highest BCUT2D eigenvalue weighted by Crippen LogP contribution is 2.40. The van der Waals surface area contributed by atoms with Gasteiger partial charge in [-0.05, 0) is 42.8 Å². The predicted octanol–water partition coefficient (Wildman–Crippen LogP) is 6.10. The Kier molecular flexibility index (Phi) is 6.51. The summed E-state index contributed by atoms with van der Waals surface area (Å²) in [4.78, 5) is 31.1. The van der Waals surface area contributed by atoms with Gasteiger partial charge in [-0.25, -0.2) is 4.98 Å². The molecule has 9 nitrogen and oxygen atoms in total. The zero-order valence-electron chi connectivity index (χ0n) is 18.2. The first-order valence-electron chi connectivity index (χ1n) is 10.1. The molecule has 0 spiro atoms. The Hall–Kier alpha value is -4.31. The van der Waals surface area contributed by atoms with Crippen LogP contribution >= 0.6 is 11.8 Å². The van der Waals surface area contributed by atoms with Crippen LogP contribution in [0.1, 0.15) is 5.56 Å². The summed E-state index contributed by atoms with van der Waals surface area (Å²) in [5.74, 6) is 0.698. The van der Waals surface area contributed by atoms with Crippen LogP contribution < -0.4 is 4.74 Å². The standard InChI is InChI=1S/C24H18N4O5S/c1-15-5-3-4-6-19(15)23-24(26-20(14-25-23)16-7-10-18(33-2)11-8-16)34-22-12-9-17(27(29)30)13-21(22)28(31)32/h3-14H,1-2H3. The van der Waals surface area contributed by atoms with Crippen LogP contribution in [0.5, 0.6) is 5.75 Å². The van der Waals surface area contributed by atoms with Gasteiger partial charge in [0, 0.05) is 17.2 Å². The van der Waals surface area contributed by atoms with Gasteiger partial charge in [-0.3, -0.25) is 25.2 Å². The van der Waals surface area contributed by atoms with E-state index >= 15 is 0 Å². The second-order valence-electron chi connectivity index (χ2n) is 7.22. The molecule has 3 aromatic carbocycles. The van der Waals surface area contributed by atoms with Gasteiger partial charge in [0.05, 0.1) is 39.8 Å². The second-order valence-corrected chi connectivity index (χ2v) is 8.25. The molecule has 0 saturated carbocycles. The lowest BCUT2D eigenvalue weighted by molar-refractivity contribution is -0.396. The van der Waals surface area contributed by atoms with Crippen molar-refractivity contribution >= 4 is 23.1 Å². The van der Waals surface area contributed by atoms with Crippen LogP contribution in [0.2, 0.25) is 0 Å². The molecule has 170 valence electrons. The van der Waals surface area contributed by atoms with Crippen LogP contribution in [0, 0.1) is 27.2 Å². The summed E-state index contributed by atoms with van der Waals surface area (Å²) in [5, 5.41) is 23.2. The van der Waals surface area contributed by atoms with E-state index in [0.717, 1.165) is 34.5 Å². The van der Waals surface area contributed by atoms with Gasteiger partial charge < -0.3 is 4.74 Å². The first-order chi connectivity index (χ1) is 16.4. The Balaban J connectivity index is 1.85. The highest BCUT2D eigenvalue weighted by molar-refractivity contribution is 7.99. The number of benzene rings is 3. The van der Waals surface area contributed by atoms with E-state index in [4.69, 9.17) is 9.72 Å². The Morgan fingerprint density at radius 2 is 1.68 bits per heavy atom. The Labute approximate surface area is 198 Å². The second kappa shape index (κ2) is 9.67. The van der Waals surface area contributed by atoms with Crippen LogP contribution in [0.15, 0.2) is 82.8 Å². The van der Waals surface area contributed by atoms with Gasteiger partial charge in [0.25, 0.3) is 11.4 Å². The molecule has 0 unspecified atom stereocenters. The summed E-state index contributed by atoms with van der Waals surface area (Å²) < 4.78 is 5.21. The summed E-state index contributed by atoms with van der Waals surface area (Å²) in [7, 11) is 1.58. The van der Waals surface area contributed by atoms with Crippen molar-refractivity contribution < 1.29 is 14.6 Å². The molecule has 34 heavy (non-hydrogen) atoms. The lowest BCUT2D eigenvalue weighted by Gasteiger charge is -2.12. The Morgan fingerprint density at radius 1 is 0.941 bits per heavy atom. The van der Waals surface area contributed by atoms with Gasteiger partial charge >= 0.3 is 0 Å². The summed E-state index contributed by atoms with van der Waals surface area (Å²) in [6.45, 7) is 1.94. The van der Waals surface area contributed by atoms with Crippen molar-refractivity contribution in [2.24, 2.45) is 0 Å². The first kappa shape index (κ1) is 22.9. The molecule has 0 aliphatic heterocycles. The summed E-state index contributed by atoms with van der Waals surface area (Å²) in [6.07, 6.45) is 1.65. The van der Waals surface area contributed by atoms with E-state index in [1.165, 1.54) is 12.1 Å². The predicted molar refractivity (Wildman–Crippen MR) is 128 cm³/mol. The molecule has 0 saturated heterocycles. The van der Waals surface area contributed by atoms with E-state index in [-0.39, 0.29) is 16.3 Å². The maximum absolute atomic E-state index is 11.7. The largest absolute Gasteiger partial charge is 0.497 e. The van der Waals surface area contributed by atoms with Gasteiger partial charge in [-0.15, -0.1) is 0 Å². The smallest absolute Gasteiger partial charge is 0.290 e. The van der Waals surface area contributed by atoms with E-state index in [1.807, 2.05) is 43.3 Å². The van der Waals surface area contributed by atoms with E-state index in [9.17, 15) is 20.2 Å². The summed E-state index contributed by atoms with van der Waals surface area (Å²) in [6, 6.07) is 18.5. The van der Waals surface area contributed by atoms with Crippen molar-refractivity contribution in [3.8, 4) is 28.3 Å². The van der Waals surface area contributed by atoms with Crippen molar-refractivity contribution in [3.63, 3.8) is 0 Å². The van der Waals surface area contributed by atoms with Gasteiger partial charge in [-0.1, -0.05) is 36.0 Å². The molecular weight excluding hydrogens is 456 g/mol. The highest BCUT2D eigenvalue weighted by Gasteiger charge is 2.23. The van der Waals surface area contributed by atoms with Gasteiger partial charge in [0.2, 0.25) is 0 Å². The van der Waals surface area contributed by atoms with Gasteiger partial charge in [0.15, 0.2) is 0 Å². The molecule has 4 aromatic rings. The monoisotopic (exact) mass is 474 g/mol. The number of non-ortho nitro benzene ring substituents is 1. The number of hydrogen-bond acceptors (Lipinski definition) is 8. The van der Waals surface area contributed by atoms with Crippen molar-refractivity contribution in [3.05, 3.63) is 98.7 Å². The first-order valence-corrected chi connectivity index (χ1v) is 10.9. The van der Waals surface area contributed by atoms with E-state index < -0.39 is 9.85 Å². The molecule has 0 N–H and O–H groups in total. The van der Waals surface area contributed by atoms with E-state index in [1.54, 1.807) is 25.4 Å².